The first-order valence-corrected chi connectivity index (χ1v) is 10.3. The Morgan fingerprint density at radius 2 is 1.53 bits per heavy atom. The highest BCUT2D eigenvalue weighted by Gasteiger charge is 2.22. The maximum absolute atomic E-state index is 15.4. The van der Waals surface area contributed by atoms with Crippen molar-refractivity contribution in [3.8, 4) is 11.3 Å². The lowest BCUT2D eigenvalue weighted by Gasteiger charge is -2.20. The second-order valence-electron chi connectivity index (χ2n) is 9.29. The van der Waals surface area contributed by atoms with Crippen LogP contribution in [0, 0.1) is 18.2 Å². The van der Waals surface area contributed by atoms with Gasteiger partial charge in [0.1, 0.15) is 11.2 Å². The van der Waals surface area contributed by atoms with E-state index >= 15 is 4.39 Å². The number of furan rings is 1. The summed E-state index contributed by atoms with van der Waals surface area (Å²) in [5, 5.41) is 3.56. The normalized spacial score (nSPS) is 12.3. The van der Waals surface area contributed by atoms with Crippen LogP contribution in [-0.2, 0) is 6.42 Å². The second-order valence-corrected chi connectivity index (χ2v) is 9.29. The predicted molar refractivity (Wildman–Crippen MR) is 122 cm³/mol. The van der Waals surface area contributed by atoms with Crippen molar-refractivity contribution in [3.63, 3.8) is 0 Å². The van der Waals surface area contributed by atoms with E-state index in [9.17, 15) is 0 Å². The van der Waals surface area contributed by atoms with E-state index < -0.39 is 0 Å². The number of hydrogen-bond donors (Lipinski definition) is 0. The second kappa shape index (κ2) is 6.66. The van der Waals surface area contributed by atoms with Crippen LogP contribution < -0.4 is 0 Å². The van der Waals surface area contributed by atoms with Crippen LogP contribution in [0.5, 0.6) is 0 Å². The largest absolute Gasteiger partial charge is 0.455 e. The maximum Gasteiger partial charge on any atom is 0.152 e. The van der Waals surface area contributed by atoms with Crippen molar-refractivity contribution < 1.29 is 8.81 Å². The molecule has 0 aliphatic carbocycles. The number of fused-ring (bicyclic) bond motifs is 4. The van der Waals surface area contributed by atoms with Crippen LogP contribution >= 0.6 is 0 Å². The third-order valence-electron chi connectivity index (χ3n) is 5.49. The van der Waals surface area contributed by atoms with Crippen molar-refractivity contribution >= 4 is 32.7 Å². The minimum atomic E-state index is -0.224. The van der Waals surface area contributed by atoms with Gasteiger partial charge in [-0.3, -0.25) is 0 Å². The molecule has 0 radical (unpaired) electrons. The zero-order valence-electron chi connectivity index (χ0n) is 17.7. The molecule has 3 heteroatoms. The van der Waals surface area contributed by atoms with E-state index in [4.69, 9.17) is 9.40 Å². The van der Waals surface area contributed by atoms with Crippen LogP contribution in [0.2, 0.25) is 0 Å². The lowest BCUT2D eigenvalue weighted by atomic mass is 9.89. The highest BCUT2D eigenvalue weighted by Crippen LogP contribution is 2.39. The van der Waals surface area contributed by atoms with Crippen molar-refractivity contribution in [3.05, 3.63) is 77.7 Å². The fraction of sp³-hybridized carbons (Fsp3) is 0.222. The Kier molecular flexibility index (Phi) is 4.18. The van der Waals surface area contributed by atoms with E-state index in [1.165, 1.54) is 0 Å². The lowest BCUT2D eigenvalue weighted by Crippen LogP contribution is -2.13. The summed E-state index contributed by atoms with van der Waals surface area (Å²) >= 11 is 0. The van der Waals surface area contributed by atoms with Gasteiger partial charge in [0, 0.05) is 27.1 Å². The van der Waals surface area contributed by atoms with Gasteiger partial charge in [-0.1, -0.05) is 63.2 Å². The first-order chi connectivity index (χ1) is 14.3. The standard InChI is InChI=1S/C27H24FNO/c1-16-13-20-17-9-7-8-12-23(17)30-26(20)21(14-16)25-19-11-6-5-10-18(19)24(28)22(29-25)15-27(2,3)4/h5-14H,15H2,1-4H3. The summed E-state index contributed by atoms with van der Waals surface area (Å²) in [6.07, 6.45) is 0.561. The van der Waals surface area contributed by atoms with Crippen molar-refractivity contribution in [2.75, 3.05) is 0 Å². The Morgan fingerprint density at radius 3 is 2.27 bits per heavy atom. The number of aromatic nitrogens is 1. The summed E-state index contributed by atoms with van der Waals surface area (Å²) in [6.45, 7) is 8.39. The van der Waals surface area contributed by atoms with E-state index in [2.05, 4.69) is 45.9 Å². The van der Waals surface area contributed by atoms with Crippen molar-refractivity contribution in [1.82, 2.24) is 4.98 Å². The van der Waals surface area contributed by atoms with E-state index in [1.807, 2.05) is 42.5 Å². The maximum atomic E-state index is 15.4. The Labute approximate surface area is 175 Å². The van der Waals surface area contributed by atoms with Crippen molar-refractivity contribution in [1.29, 1.82) is 0 Å². The molecule has 150 valence electrons. The molecule has 30 heavy (non-hydrogen) atoms. The van der Waals surface area contributed by atoms with Gasteiger partial charge in [-0.15, -0.1) is 0 Å². The van der Waals surface area contributed by atoms with Crippen LogP contribution in [0.1, 0.15) is 32.0 Å². The summed E-state index contributed by atoms with van der Waals surface area (Å²) in [5.41, 5.74) is 4.88. The molecule has 0 amide bonds. The van der Waals surface area contributed by atoms with E-state index in [-0.39, 0.29) is 11.2 Å². The third-order valence-corrected chi connectivity index (χ3v) is 5.49. The number of pyridine rings is 1. The molecule has 0 N–H and O–H groups in total. The molecule has 2 aromatic heterocycles. The zero-order chi connectivity index (χ0) is 21.0. The molecule has 5 aromatic rings. The molecule has 2 nitrogen and oxygen atoms in total. The molecule has 3 aromatic carbocycles. The van der Waals surface area contributed by atoms with Gasteiger partial charge in [0.15, 0.2) is 5.82 Å². The Balaban J connectivity index is 1.89. The van der Waals surface area contributed by atoms with Crippen LogP contribution in [-0.4, -0.2) is 4.98 Å². The molecule has 0 saturated heterocycles. The molecule has 2 heterocycles. The van der Waals surface area contributed by atoms with Crippen molar-refractivity contribution in [2.24, 2.45) is 5.41 Å². The summed E-state index contributed by atoms with van der Waals surface area (Å²) in [5.74, 6) is -0.224. The molecule has 5 rings (SSSR count). The van der Waals surface area contributed by atoms with Crippen LogP contribution in [0.4, 0.5) is 4.39 Å². The van der Waals surface area contributed by atoms with Gasteiger partial charge in [-0.05, 0) is 42.5 Å². The quantitative estimate of drug-likeness (QED) is 0.303. The van der Waals surface area contributed by atoms with Crippen molar-refractivity contribution in [2.45, 2.75) is 34.1 Å². The zero-order valence-corrected chi connectivity index (χ0v) is 17.7. The number of hydrogen-bond acceptors (Lipinski definition) is 2. The van der Waals surface area contributed by atoms with Gasteiger partial charge < -0.3 is 4.42 Å². The van der Waals surface area contributed by atoms with Gasteiger partial charge in [-0.2, -0.15) is 0 Å². The minimum absolute atomic E-state index is 0.0745. The predicted octanol–water partition coefficient (Wildman–Crippen LogP) is 7.84. The Hall–Kier alpha value is -3.20. The van der Waals surface area contributed by atoms with Gasteiger partial charge in [0.25, 0.3) is 0 Å². The number of nitrogens with zero attached hydrogens (tertiary/aromatic N) is 1. The van der Waals surface area contributed by atoms with Crippen LogP contribution in [0.3, 0.4) is 0 Å². The summed E-state index contributed by atoms with van der Waals surface area (Å²) in [4.78, 5) is 4.88. The summed E-state index contributed by atoms with van der Waals surface area (Å²) in [6, 6.07) is 19.9. The van der Waals surface area contributed by atoms with E-state index in [0.29, 0.717) is 17.5 Å². The molecule has 0 aliphatic heterocycles. The first kappa shape index (κ1) is 18.8. The highest BCUT2D eigenvalue weighted by molar-refractivity contribution is 6.11. The Morgan fingerprint density at radius 1 is 0.867 bits per heavy atom. The average Bonchev–Trinajstić information content (AvgIpc) is 3.07. The van der Waals surface area contributed by atoms with Crippen LogP contribution in [0.15, 0.2) is 65.1 Å². The molecule has 0 atom stereocenters. The number of para-hydroxylation sites is 1. The number of aryl methyl sites for hydroxylation is 1. The number of benzene rings is 3. The van der Waals surface area contributed by atoms with Gasteiger partial charge in [0.2, 0.25) is 0 Å². The smallest absolute Gasteiger partial charge is 0.152 e. The highest BCUT2D eigenvalue weighted by atomic mass is 19.1. The number of rotatable bonds is 2. The van der Waals surface area contributed by atoms with Gasteiger partial charge >= 0.3 is 0 Å². The molecule has 0 fully saturated rings. The molecular formula is C27H24FNO. The van der Waals surface area contributed by atoms with Gasteiger partial charge in [0.05, 0.1) is 11.4 Å². The monoisotopic (exact) mass is 397 g/mol. The molecule has 0 unspecified atom stereocenters. The van der Waals surface area contributed by atoms with Gasteiger partial charge in [-0.25, -0.2) is 9.37 Å². The average molecular weight is 397 g/mol. The van der Waals surface area contributed by atoms with Crippen LogP contribution in [0.25, 0.3) is 44.0 Å². The molecule has 0 spiro atoms. The summed E-state index contributed by atoms with van der Waals surface area (Å²) in [7, 11) is 0. The fourth-order valence-corrected chi connectivity index (χ4v) is 4.25. The molecule has 0 aliphatic rings. The van der Waals surface area contributed by atoms with E-state index in [1.54, 1.807) is 0 Å². The fourth-order valence-electron chi connectivity index (χ4n) is 4.25. The van der Waals surface area contributed by atoms with E-state index in [0.717, 1.165) is 44.1 Å². The molecular weight excluding hydrogens is 373 g/mol. The topological polar surface area (TPSA) is 26.0 Å². The summed E-state index contributed by atoms with van der Waals surface area (Å²) < 4.78 is 21.6. The SMILES string of the molecule is Cc1cc(-c2nc(CC(C)(C)C)c(F)c3ccccc23)c2oc3ccccc3c2c1. The first-order valence-electron chi connectivity index (χ1n) is 10.3. The third kappa shape index (κ3) is 3.06. The molecule has 0 bridgehead atoms. The Bertz CT molecular complexity index is 1420. The lowest BCUT2D eigenvalue weighted by molar-refractivity contribution is 0.397. The molecule has 0 saturated carbocycles. The number of halogens is 1. The minimum Gasteiger partial charge on any atom is -0.455 e.